The first-order valence-electron chi connectivity index (χ1n) is 4.56. The van der Waals surface area contributed by atoms with E-state index in [1.807, 2.05) is 0 Å². The van der Waals surface area contributed by atoms with Gasteiger partial charge in [-0.05, 0) is 24.6 Å². The molecule has 82 valence electrons. The highest BCUT2D eigenvalue weighted by atomic mass is 19.1. The average Bonchev–Trinajstić information content (AvgIpc) is 2.23. The molecule has 4 nitrogen and oxygen atoms in total. The maximum atomic E-state index is 13.4. The topological polar surface area (TPSA) is 70.2 Å². The number of aryl methyl sites for hydroxylation is 1. The molecule has 0 amide bonds. The number of H-pyrrole nitrogens is 1. The number of aromatic nitrogens is 1. The third kappa shape index (κ3) is 1.46. The highest BCUT2D eigenvalue weighted by Gasteiger charge is 2.12. The van der Waals surface area contributed by atoms with Crippen LogP contribution in [0.4, 0.5) is 4.39 Å². The molecule has 0 aliphatic carbocycles. The van der Waals surface area contributed by atoms with Crippen molar-refractivity contribution in [1.29, 1.82) is 0 Å². The van der Waals surface area contributed by atoms with Gasteiger partial charge in [-0.1, -0.05) is 6.07 Å². The Morgan fingerprint density at radius 3 is 2.75 bits per heavy atom. The molecule has 1 aromatic carbocycles. The molecule has 0 aliphatic heterocycles. The van der Waals surface area contributed by atoms with Crippen molar-refractivity contribution in [3.8, 4) is 0 Å². The molecule has 0 saturated heterocycles. The van der Waals surface area contributed by atoms with Crippen molar-refractivity contribution in [2.45, 2.75) is 6.92 Å². The zero-order valence-corrected chi connectivity index (χ0v) is 8.37. The Labute approximate surface area is 89.3 Å². The van der Waals surface area contributed by atoms with Crippen LogP contribution in [-0.2, 0) is 0 Å². The number of hydrogen-bond acceptors (Lipinski definition) is 2. The van der Waals surface area contributed by atoms with Gasteiger partial charge in [0, 0.05) is 5.39 Å². The number of aromatic carboxylic acids is 1. The van der Waals surface area contributed by atoms with Gasteiger partial charge in [0.15, 0.2) is 0 Å². The fourth-order valence-electron chi connectivity index (χ4n) is 1.56. The lowest BCUT2D eigenvalue weighted by atomic mass is 10.1. The molecule has 1 heterocycles. The fraction of sp³-hybridized carbons (Fsp3) is 0.0909. The molecule has 1 aromatic heterocycles. The Morgan fingerprint density at radius 1 is 1.44 bits per heavy atom. The van der Waals surface area contributed by atoms with Crippen molar-refractivity contribution >= 4 is 16.9 Å². The Morgan fingerprint density at radius 2 is 2.12 bits per heavy atom. The van der Waals surface area contributed by atoms with Crippen molar-refractivity contribution in [2.24, 2.45) is 0 Å². The smallest absolute Gasteiger partial charge is 0.341 e. The van der Waals surface area contributed by atoms with Gasteiger partial charge in [0.1, 0.15) is 11.4 Å². The summed E-state index contributed by atoms with van der Waals surface area (Å²) < 4.78 is 13.4. The first-order chi connectivity index (χ1) is 7.50. The van der Waals surface area contributed by atoms with Gasteiger partial charge in [0.2, 0.25) is 0 Å². The van der Waals surface area contributed by atoms with Crippen LogP contribution in [0.2, 0.25) is 0 Å². The van der Waals surface area contributed by atoms with Gasteiger partial charge < -0.3 is 10.1 Å². The zero-order valence-electron chi connectivity index (χ0n) is 8.37. The molecule has 2 N–H and O–H groups in total. The summed E-state index contributed by atoms with van der Waals surface area (Å²) in [6.07, 6.45) is 0. The molecule has 2 rings (SSSR count). The van der Waals surface area contributed by atoms with Crippen molar-refractivity contribution in [2.75, 3.05) is 0 Å². The highest BCUT2D eigenvalue weighted by Crippen LogP contribution is 2.18. The first-order valence-corrected chi connectivity index (χ1v) is 4.56. The molecule has 16 heavy (non-hydrogen) atoms. The van der Waals surface area contributed by atoms with E-state index in [0.717, 1.165) is 6.07 Å². The molecule has 0 fully saturated rings. The van der Waals surface area contributed by atoms with E-state index in [2.05, 4.69) is 4.98 Å². The Balaban J connectivity index is 2.95. The van der Waals surface area contributed by atoms with Gasteiger partial charge in [-0.2, -0.15) is 0 Å². The minimum Gasteiger partial charge on any atom is -0.477 e. The zero-order chi connectivity index (χ0) is 11.9. The van der Waals surface area contributed by atoms with Crippen LogP contribution < -0.4 is 5.56 Å². The second-order valence-corrected chi connectivity index (χ2v) is 3.47. The monoisotopic (exact) mass is 221 g/mol. The minimum atomic E-state index is -1.37. The van der Waals surface area contributed by atoms with Gasteiger partial charge in [-0.3, -0.25) is 4.79 Å². The summed E-state index contributed by atoms with van der Waals surface area (Å²) in [4.78, 5) is 24.5. The Kier molecular flexibility index (Phi) is 2.23. The van der Waals surface area contributed by atoms with Crippen LogP contribution in [0.5, 0.6) is 0 Å². The Bertz CT molecular complexity index is 645. The van der Waals surface area contributed by atoms with Crippen LogP contribution in [0.15, 0.2) is 23.0 Å². The number of carboxylic acid groups (broad SMARTS) is 1. The maximum Gasteiger partial charge on any atom is 0.341 e. The number of fused-ring (bicyclic) bond motifs is 1. The summed E-state index contributed by atoms with van der Waals surface area (Å²) >= 11 is 0. The normalized spacial score (nSPS) is 10.6. The lowest BCUT2D eigenvalue weighted by Gasteiger charge is -2.04. The van der Waals surface area contributed by atoms with Crippen molar-refractivity contribution in [3.05, 3.63) is 45.5 Å². The van der Waals surface area contributed by atoms with Gasteiger partial charge in [0.25, 0.3) is 5.56 Å². The van der Waals surface area contributed by atoms with Crippen molar-refractivity contribution in [3.63, 3.8) is 0 Å². The summed E-state index contributed by atoms with van der Waals surface area (Å²) in [5.41, 5.74) is -0.175. The Hall–Kier alpha value is -2.17. The number of carbonyl (C=O) groups is 1. The molecular weight excluding hydrogens is 213 g/mol. The molecule has 0 aliphatic rings. The quantitative estimate of drug-likeness (QED) is 0.769. The number of pyridine rings is 1. The third-order valence-corrected chi connectivity index (χ3v) is 2.40. The summed E-state index contributed by atoms with van der Waals surface area (Å²) in [7, 11) is 0. The lowest BCUT2D eigenvalue weighted by Crippen LogP contribution is -2.17. The average molecular weight is 221 g/mol. The van der Waals surface area contributed by atoms with E-state index >= 15 is 0 Å². The van der Waals surface area contributed by atoms with E-state index in [1.165, 1.54) is 12.1 Å². The lowest BCUT2D eigenvalue weighted by molar-refractivity contribution is 0.0695. The summed E-state index contributed by atoms with van der Waals surface area (Å²) in [5, 5.41) is 8.85. The third-order valence-electron chi connectivity index (χ3n) is 2.40. The van der Waals surface area contributed by atoms with Crippen molar-refractivity contribution < 1.29 is 14.3 Å². The number of benzene rings is 1. The van der Waals surface area contributed by atoms with Crippen LogP contribution >= 0.6 is 0 Å². The number of rotatable bonds is 1. The van der Waals surface area contributed by atoms with Crippen LogP contribution in [0, 0.1) is 12.7 Å². The molecule has 5 heteroatoms. The summed E-state index contributed by atoms with van der Waals surface area (Å²) in [5.74, 6) is -1.93. The standard InChI is InChI=1S/C11H8FNO3/c1-5-2-3-8(12)6-4-7(11(15)16)10(14)13-9(5)6/h2-4H,1H3,(H,13,14)(H,15,16). The van der Waals surface area contributed by atoms with E-state index < -0.39 is 22.9 Å². The van der Waals surface area contributed by atoms with E-state index in [0.29, 0.717) is 11.1 Å². The van der Waals surface area contributed by atoms with E-state index in [4.69, 9.17) is 5.11 Å². The number of hydrogen-bond donors (Lipinski definition) is 2. The molecule has 0 saturated carbocycles. The van der Waals surface area contributed by atoms with Crippen molar-refractivity contribution in [1.82, 2.24) is 4.98 Å². The van der Waals surface area contributed by atoms with Crippen LogP contribution in [-0.4, -0.2) is 16.1 Å². The fourth-order valence-corrected chi connectivity index (χ4v) is 1.56. The van der Waals surface area contributed by atoms with Crippen LogP contribution in [0.3, 0.4) is 0 Å². The largest absolute Gasteiger partial charge is 0.477 e. The number of carboxylic acids is 1. The molecule has 0 bridgehead atoms. The summed E-state index contributed by atoms with van der Waals surface area (Å²) in [6.45, 7) is 1.71. The molecule has 0 radical (unpaired) electrons. The van der Waals surface area contributed by atoms with E-state index in [1.54, 1.807) is 6.92 Å². The first kappa shape index (κ1) is 10.4. The summed E-state index contributed by atoms with van der Waals surface area (Å²) in [6, 6.07) is 3.81. The second kappa shape index (κ2) is 3.44. The van der Waals surface area contributed by atoms with Gasteiger partial charge in [0.05, 0.1) is 5.52 Å². The SMILES string of the molecule is Cc1ccc(F)c2cc(C(=O)O)c(=O)[nH]c12. The maximum absolute atomic E-state index is 13.4. The number of nitrogens with one attached hydrogen (secondary N) is 1. The second-order valence-electron chi connectivity index (χ2n) is 3.47. The molecule has 0 atom stereocenters. The predicted octanol–water partition coefficient (Wildman–Crippen LogP) is 1.67. The molecule has 0 unspecified atom stereocenters. The number of aromatic amines is 1. The molecule has 0 spiro atoms. The number of halogens is 1. The van der Waals surface area contributed by atoms with Gasteiger partial charge in [-0.15, -0.1) is 0 Å². The van der Waals surface area contributed by atoms with E-state index in [9.17, 15) is 14.0 Å². The predicted molar refractivity (Wildman–Crippen MR) is 56.2 cm³/mol. The highest BCUT2D eigenvalue weighted by molar-refractivity contribution is 5.93. The van der Waals surface area contributed by atoms with Gasteiger partial charge >= 0.3 is 5.97 Å². The van der Waals surface area contributed by atoms with Crippen LogP contribution in [0.1, 0.15) is 15.9 Å². The minimum absolute atomic E-state index is 0.108. The van der Waals surface area contributed by atoms with Crippen LogP contribution in [0.25, 0.3) is 10.9 Å². The molecule has 2 aromatic rings. The molecular formula is C11H8FNO3. The van der Waals surface area contributed by atoms with Gasteiger partial charge in [-0.25, -0.2) is 9.18 Å². The van der Waals surface area contributed by atoms with E-state index in [-0.39, 0.29) is 5.39 Å².